The topological polar surface area (TPSA) is 70.1 Å². The molecular formula is C11H10N2O3. The first-order valence-electron chi connectivity index (χ1n) is 4.93. The lowest BCUT2D eigenvalue weighted by Crippen LogP contribution is -2.32. The Labute approximate surface area is 91.7 Å². The summed E-state index contributed by atoms with van der Waals surface area (Å²) < 4.78 is 0.752. The van der Waals surface area contributed by atoms with E-state index < -0.39 is 4.92 Å². The Morgan fingerprint density at radius 3 is 2.69 bits per heavy atom. The van der Waals surface area contributed by atoms with E-state index in [1.807, 2.05) is 0 Å². The molecule has 0 bridgehead atoms. The molecule has 0 aliphatic carbocycles. The molecule has 0 fully saturated rings. The molecule has 0 aliphatic heterocycles. The lowest BCUT2D eigenvalue weighted by atomic mass is 10.1. The van der Waals surface area contributed by atoms with Crippen LogP contribution in [-0.2, 0) is 6.42 Å². The van der Waals surface area contributed by atoms with Crippen LogP contribution in [0.5, 0.6) is 0 Å². The molecule has 0 atom stereocenters. The van der Waals surface area contributed by atoms with Gasteiger partial charge >= 0.3 is 0 Å². The molecule has 1 aromatic heterocycles. The lowest BCUT2D eigenvalue weighted by Gasteiger charge is -2.06. The van der Waals surface area contributed by atoms with Crippen LogP contribution in [0.25, 0.3) is 10.9 Å². The average Bonchev–Trinajstić information content (AvgIpc) is 2.29. The molecule has 0 unspecified atom stereocenters. The van der Waals surface area contributed by atoms with Gasteiger partial charge in [0.1, 0.15) is 5.39 Å². The highest BCUT2D eigenvalue weighted by Crippen LogP contribution is 2.23. The van der Waals surface area contributed by atoms with E-state index >= 15 is 0 Å². The number of hydrogen-bond donors (Lipinski definition) is 0. The van der Waals surface area contributed by atoms with Crippen LogP contribution in [0.1, 0.15) is 12.6 Å². The zero-order chi connectivity index (χ0) is 11.7. The molecule has 0 spiro atoms. The van der Waals surface area contributed by atoms with Gasteiger partial charge in [0.25, 0.3) is 5.69 Å². The predicted octanol–water partition coefficient (Wildman–Crippen LogP) is 1.94. The van der Waals surface area contributed by atoms with Crippen LogP contribution in [-0.4, -0.2) is 4.92 Å². The van der Waals surface area contributed by atoms with Gasteiger partial charge < -0.3 is 5.21 Å². The molecule has 82 valence electrons. The van der Waals surface area contributed by atoms with Crippen molar-refractivity contribution < 1.29 is 9.65 Å². The molecule has 2 rings (SSSR count). The standard InChI is InChI=1S/C11H10N2O3/c1-2-8-7-11(13(15)16)9-5-3-4-6-10(9)12(8)14/h3-7H,2H2,1H3. The molecular weight excluding hydrogens is 208 g/mol. The third kappa shape index (κ3) is 1.46. The zero-order valence-electron chi connectivity index (χ0n) is 8.71. The van der Waals surface area contributed by atoms with E-state index in [9.17, 15) is 15.3 Å². The molecule has 5 nitrogen and oxygen atoms in total. The van der Waals surface area contributed by atoms with Crippen molar-refractivity contribution in [3.05, 3.63) is 51.3 Å². The Hall–Kier alpha value is -2.17. The molecule has 0 radical (unpaired) electrons. The molecule has 0 amide bonds. The van der Waals surface area contributed by atoms with Crippen molar-refractivity contribution in [2.45, 2.75) is 13.3 Å². The van der Waals surface area contributed by atoms with Gasteiger partial charge in [-0.1, -0.05) is 19.1 Å². The highest BCUT2D eigenvalue weighted by Gasteiger charge is 2.20. The number of fused-ring (bicyclic) bond motifs is 1. The molecule has 0 saturated heterocycles. The van der Waals surface area contributed by atoms with Gasteiger partial charge in [-0.3, -0.25) is 10.1 Å². The molecule has 0 saturated carbocycles. The Bertz CT molecular complexity index is 566. The third-order valence-corrected chi connectivity index (χ3v) is 2.52. The number of pyridine rings is 1. The van der Waals surface area contributed by atoms with Crippen LogP contribution in [0, 0.1) is 15.3 Å². The number of nitro groups is 1. The maximum Gasteiger partial charge on any atom is 0.289 e. The summed E-state index contributed by atoms with van der Waals surface area (Å²) in [6, 6.07) is 7.89. The molecule has 1 heterocycles. The van der Waals surface area contributed by atoms with Gasteiger partial charge in [-0.25, -0.2) is 0 Å². The molecule has 0 aliphatic rings. The Morgan fingerprint density at radius 1 is 1.38 bits per heavy atom. The van der Waals surface area contributed by atoms with Crippen molar-refractivity contribution >= 4 is 16.6 Å². The number of aryl methyl sites for hydroxylation is 1. The molecule has 0 N–H and O–H groups in total. The number of para-hydroxylation sites is 1. The van der Waals surface area contributed by atoms with Gasteiger partial charge in [0.2, 0.25) is 5.52 Å². The fraction of sp³-hybridized carbons (Fsp3) is 0.182. The van der Waals surface area contributed by atoms with Crippen LogP contribution in [0.15, 0.2) is 30.3 Å². The molecule has 2 aromatic rings. The number of nitrogens with zero attached hydrogens (tertiary/aromatic N) is 2. The second-order valence-corrected chi connectivity index (χ2v) is 3.44. The van der Waals surface area contributed by atoms with E-state index in [2.05, 4.69) is 0 Å². The fourth-order valence-electron chi connectivity index (χ4n) is 1.71. The smallest absolute Gasteiger partial charge is 0.289 e. The van der Waals surface area contributed by atoms with Crippen molar-refractivity contribution in [1.82, 2.24) is 0 Å². The van der Waals surface area contributed by atoms with Gasteiger partial charge in [-0.15, -0.1) is 0 Å². The van der Waals surface area contributed by atoms with Gasteiger partial charge in [0.05, 0.1) is 11.0 Å². The van der Waals surface area contributed by atoms with Gasteiger partial charge in [0, 0.05) is 12.5 Å². The number of rotatable bonds is 2. The lowest BCUT2D eigenvalue weighted by molar-refractivity contribution is -0.586. The summed E-state index contributed by atoms with van der Waals surface area (Å²) in [4.78, 5) is 10.4. The monoisotopic (exact) mass is 218 g/mol. The Balaban J connectivity index is 2.90. The minimum atomic E-state index is -0.457. The summed E-state index contributed by atoms with van der Waals surface area (Å²) in [6.07, 6.45) is 0.467. The highest BCUT2D eigenvalue weighted by molar-refractivity contribution is 5.85. The minimum Gasteiger partial charge on any atom is -0.618 e. The normalized spacial score (nSPS) is 10.6. The maximum atomic E-state index is 11.8. The summed E-state index contributed by atoms with van der Waals surface area (Å²) in [7, 11) is 0. The second kappa shape index (κ2) is 3.77. The Kier molecular flexibility index (Phi) is 2.44. The van der Waals surface area contributed by atoms with Crippen LogP contribution in [0.3, 0.4) is 0 Å². The number of hydrogen-bond acceptors (Lipinski definition) is 3. The quantitative estimate of drug-likeness (QED) is 0.334. The van der Waals surface area contributed by atoms with E-state index in [-0.39, 0.29) is 5.69 Å². The summed E-state index contributed by atoms with van der Waals surface area (Å²) in [5, 5.41) is 23.1. The first-order valence-corrected chi connectivity index (χ1v) is 4.93. The van der Waals surface area contributed by atoms with Crippen LogP contribution in [0.2, 0.25) is 0 Å². The fourth-order valence-corrected chi connectivity index (χ4v) is 1.71. The van der Waals surface area contributed by atoms with Crippen molar-refractivity contribution in [1.29, 1.82) is 0 Å². The van der Waals surface area contributed by atoms with E-state index in [1.54, 1.807) is 31.2 Å². The minimum absolute atomic E-state index is 0.0143. The largest absolute Gasteiger partial charge is 0.618 e. The molecule has 16 heavy (non-hydrogen) atoms. The summed E-state index contributed by atoms with van der Waals surface area (Å²) in [5.41, 5.74) is 0.735. The molecule has 1 aromatic carbocycles. The highest BCUT2D eigenvalue weighted by atomic mass is 16.6. The average molecular weight is 218 g/mol. The van der Waals surface area contributed by atoms with E-state index in [1.165, 1.54) is 6.07 Å². The maximum absolute atomic E-state index is 11.8. The zero-order valence-corrected chi connectivity index (χ0v) is 8.71. The van der Waals surface area contributed by atoms with E-state index in [0.717, 1.165) is 4.73 Å². The van der Waals surface area contributed by atoms with Gasteiger partial charge in [-0.05, 0) is 6.07 Å². The summed E-state index contributed by atoms with van der Waals surface area (Å²) in [5.74, 6) is 0. The second-order valence-electron chi connectivity index (χ2n) is 3.44. The van der Waals surface area contributed by atoms with E-state index in [4.69, 9.17) is 0 Å². The van der Waals surface area contributed by atoms with Crippen molar-refractivity contribution in [2.75, 3.05) is 0 Å². The number of benzene rings is 1. The van der Waals surface area contributed by atoms with Crippen LogP contribution < -0.4 is 4.73 Å². The van der Waals surface area contributed by atoms with Crippen molar-refractivity contribution in [2.24, 2.45) is 0 Å². The van der Waals surface area contributed by atoms with Crippen molar-refractivity contribution in [3.8, 4) is 0 Å². The Morgan fingerprint density at radius 2 is 2.06 bits per heavy atom. The van der Waals surface area contributed by atoms with Crippen LogP contribution in [0.4, 0.5) is 5.69 Å². The third-order valence-electron chi connectivity index (χ3n) is 2.52. The summed E-state index contributed by atoms with van der Waals surface area (Å²) in [6.45, 7) is 1.79. The van der Waals surface area contributed by atoms with Crippen LogP contribution >= 0.6 is 0 Å². The number of aromatic nitrogens is 1. The summed E-state index contributed by atoms with van der Waals surface area (Å²) >= 11 is 0. The first-order chi connectivity index (χ1) is 7.65. The van der Waals surface area contributed by atoms with Gasteiger partial charge in [-0.2, -0.15) is 4.73 Å². The van der Waals surface area contributed by atoms with Gasteiger partial charge in [0.15, 0.2) is 5.69 Å². The van der Waals surface area contributed by atoms with Crippen molar-refractivity contribution in [3.63, 3.8) is 0 Å². The first kappa shape index (κ1) is 10.4. The molecule has 5 heteroatoms. The predicted molar refractivity (Wildman–Crippen MR) is 58.9 cm³/mol. The SMILES string of the molecule is CCc1cc([N+](=O)[O-])c2ccccc2[n+]1[O-]. The van der Waals surface area contributed by atoms with E-state index in [0.29, 0.717) is 23.0 Å².